The maximum Gasteiger partial charge on any atom is 0.0682 e. The zero-order valence-corrected chi connectivity index (χ0v) is 9.41. The van der Waals surface area contributed by atoms with Gasteiger partial charge in [-0.05, 0) is 38.5 Å². The molecule has 2 heteroatoms. The standard InChI is InChI=1S/C12H19NO/c1-12(2,3)13(4)11-7-5-6-10(8-11)9-14/h5-8,14H,9H2,1-4H3. The molecule has 14 heavy (non-hydrogen) atoms. The van der Waals surface area contributed by atoms with E-state index in [1.165, 1.54) is 0 Å². The second kappa shape index (κ2) is 4.01. The van der Waals surface area contributed by atoms with Gasteiger partial charge in [0.05, 0.1) is 6.61 Å². The number of rotatable bonds is 2. The summed E-state index contributed by atoms with van der Waals surface area (Å²) in [5.74, 6) is 0. The number of aliphatic hydroxyl groups excluding tert-OH is 1. The third kappa shape index (κ3) is 2.48. The van der Waals surface area contributed by atoms with Gasteiger partial charge in [0.25, 0.3) is 0 Å². The Morgan fingerprint density at radius 1 is 1.29 bits per heavy atom. The maximum absolute atomic E-state index is 9.03. The molecule has 0 aliphatic heterocycles. The lowest BCUT2D eigenvalue weighted by Crippen LogP contribution is -2.38. The van der Waals surface area contributed by atoms with Gasteiger partial charge in [-0.15, -0.1) is 0 Å². The monoisotopic (exact) mass is 193 g/mol. The Labute approximate surface area is 86.2 Å². The summed E-state index contributed by atoms with van der Waals surface area (Å²) >= 11 is 0. The molecular weight excluding hydrogens is 174 g/mol. The third-order valence-electron chi connectivity index (χ3n) is 2.49. The smallest absolute Gasteiger partial charge is 0.0682 e. The van der Waals surface area contributed by atoms with Crippen molar-refractivity contribution in [2.24, 2.45) is 0 Å². The van der Waals surface area contributed by atoms with Gasteiger partial charge in [0.1, 0.15) is 0 Å². The minimum absolute atomic E-state index is 0.103. The second-order valence-electron chi connectivity index (χ2n) is 4.56. The highest BCUT2D eigenvalue weighted by Crippen LogP contribution is 2.22. The molecule has 0 aliphatic carbocycles. The normalized spacial score (nSPS) is 11.5. The minimum Gasteiger partial charge on any atom is -0.392 e. The molecule has 1 rings (SSSR count). The molecule has 1 aromatic rings. The lowest BCUT2D eigenvalue weighted by molar-refractivity contribution is 0.282. The van der Waals surface area contributed by atoms with Gasteiger partial charge in [0.15, 0.2) is 0 Å². The first-order valence-corrected chi connectivity index (χ1v) is 4.89. The molecule has 78 valence electrons. The lowest BCUT2D eigenvalue weighted by Gasteiger charge is -2.34. The van der Waals surface area contributed by atoms with E-state index in [4.69, 9.17) is 5.11 Å². The van der Waals surface area contributed by atoms with Crippen LogP contribution in [0.2, 0.25) is 0 Å². The van der Waals surface area contributed by atoms with E-state index in [2.05, 4.69) is 38.8 Å². The summed E-state index contributed by atoms with van der Waals surface area (Å²) in [6.07, 6.45) is 0. The molecule has 0 radical (unpaired) electrons. The van der Waals surface area contributed by atoms with Gasteiger partial charge < -0.3 is 10.0 Å². The van der Waals surface area contributed by atoms with Crippen molar-refractivity contribution in [2.75, 3.05) is 11.9 Å². The van der Waals surface area contributed by atoms with Crippen LogP contribution in [0.4, 0.5) is 5.69 Å². The summed E-state index contributed by atoms with van der Waals surface area (Å²) in [6, 6.07) is 7.98. The van der Waals surface area contributed by atoms with Crippen LogP contribution in [0.15, 0.2) is 24.3 Å². The van der Waals surface area contributed by atoms with Crippen molar-refractivity contribution in [2.45, 2.75) is 32.9 Å². The fraction of sp³-hybridized carbons (Fsp3) is 0.500. The van der Waals surface area contributed by atoms with Crippen molar-refractivity contribution in [1.82, 2.24) is 0 Å². The first kappa shape index (κ1) is 11.1. The summed E-state index contributed by atoms with van der Waals surface area (Å²) in [5.41, 5.74) is 2.20. The van der Waals surface area contributed by atoms with Gasteiger partial charge in [0, 0.05) is 18.3 Å². The van der Waals surface area contributed by atoms with Gasteiger partial charge in [-0.1, -0.05) is 12.1 Å². The van der Waals surface area contributed by atoms with E-state index in [9.17, 15) is 0 Å². The van der Waals surface area contributed by atoms with E-state index in [1.807, 2.05) is 18.2 Å². The Kier molecular flexibility index (Phi) is 3.17. The topological polar surface area (TPSA) is 23.5 Å². The fourth-order valence-electron chi connectivity index (χ4n) is 1.25. The Morgan fingerprint density at radius 2 is 1.93 bits per heavy atom. The molecular formula is C12H19NO. The van der Waals surface area contributed by atoms with Crippen LogP contribution >= 0.6 is 0 Å². The van der Waals surface area contributed by atoms with E-state index >= 15 is 0 Å². The van der Waals surface area contributed by atoms with Crippen molar-refractivity contribution >= 4 is 5.69 Å². The molecule has 2 nitrogen and oxygen atoms in total. The predicted octanol–water partition coefficient (Wildman–Crippen LogP) is 2.41. The van der Waals surface area contributed by atoms with E-state index in [0.29, 0.717) is 0 Å². The molecule has 0 bridgehead atoms. The van der Waals surface area contributed by atoms with Crippen LogP contribution in [0.3, 0.4) is 0 Å². The quantitative estimate of drug-likeness (QED) is 0.779. The summed E-state index contributed by atoms with van der Waals surface area (Å²) < 4.78 is 0. The molecule has 0 unspecified atom stereocenters. The number of anilines is 1. The van der Waals surface area contributed by atoms with Gasteiger partial charge >= 0.3 is 0 Å². The fourth-order valence-corrected chi connectivity index (χ4v) is 1.25. The van der Waals surface area contributed by atoms with Crippen LogP contribution in [0.25, 0.3) is 0 Å². The van der Waals surface area contributed by atoms with Gasteiger partial charge in [-0.3, -0.25) is 0 Å². The Bertz CT molecular complexity index is 301. The second-order valence-corrected chi connectivity index (χ2v) is 4.56. The average Bonchev–Trinajstić information content (AvgIpc) is 2.15. The molecule has 0 aliphatic rings. The molecule has 0 amide bonds. The Hall–Kier alpha value is -1.02. The molecule has 0 saturated carbocycles. The summed E-state index contributed by atoms with van der Waals surface area (Å²) in [4.78, 5) is 2.20. The highest BCUT2D eigenvalue weighted by atomic mass is 16.3. The SMILES string of the molecule is CN(c1cccc(CO)c1)C(C)(C)C. The zero-order chi connectivity index (χ0) is 10.8. The maximum atomic E-state index is 9.03. The number of hydrogen-bond acceptors (Lipinski definition) is 2. The summed E-state index contributed by atoms with van der Waals surface area (Å²) in [7, 11) is 2.07. The van der Waals surface area contributed by atoms with Crippen LogP contribution in [0.1, 0.15) is 26.3 Å². The number of aliphatic hydroxyl groups is 1. The van der Waals surface area contributed by atoms with Crippen LogP contribution in [0, 0.1) is 0 Å². The molecule has 0 atom stereocenters. The third-order valence-corrected chi connectivity index (χ3v) is 2.49. The molecule has 1 N–H and O–H groups in total. The number of benzene rings is 1. The van der Waals surface area contributed by atoms with E-state index < -0.39 is 0 Å². The highest BCUT2D eigenvalue weighted by Gasteiger charge is 2.17. The van der Waals surface area contributed by atoms with Gasteiger partial charge in [-0.2, -0.15) is 0 Å². The van der Waals surface area contributed by atoms with Crippen molar-refractivity contribution in [1.29, 1.82) is 0 Å². The first-order valence-electron chi connectivity index (χ1n) is 4.89. The van der Waals surface area contributed by atoms with Gasteiger partial charge in [-0.25, -0.2) is 0 Å². The molecule has 0 spiro atoms. The largest absolute Gasteiger partial charge is 0.392 e. The van der Waals surface area contributed by atoms with Crippen molar-refractivity contribution in [3.8, 4) is 0 Å². The van der Waals surface area contributed by atoms with Crippen LogP contribution in [-0.2, 0) is 6.61 Å². The van der Waals surface area contributed by atoms with Crippen LogP contribution in [-0.4, -0.2) is 17.7 Å². The lowest BCUT2D eigenvalue weighted by atomic mass is 10.1. The summed E-state index contributed by atoms with van der Waals surface area (Å²) in [5, 5.41) is 9.03. The molecule has 1 aromatic carbocycles. The highest BCUT2D eigenvalue weighted by molar-refractivity contribution is 5.49. The summed E-state index contributed by atoms with van der Waals surface area (Å²) in [6.45, 7) is 6.60. The van der Waals surface area contributed by atoms with Crippen LogP contribution in [0.5, 0.6) is 0 Å². The molecule has 0 saturated heterocycles. The van der Waals surface area contributed by atoms with Gasteiger partial charge in [0.2, 0.25) is 0 Å². The Balaban J connectivity index is 2.95. The molecule has 0 aromatic heterocycles. The van der Waals surface area contributed by atoms with Crippen molar-refractivity contribution < 1.29 is 5.11 Å². The first-order chi connectivity index (χ1) is 6.45. The van der Waals surface area contributed by atoms with E-state index in [0.717, 1.165) is 11.3 Å². The Morgan fingerprint density at radius 3 is 2.43 bits per heavy atom. The zero-order valence-electron chi connectivity index (χ0n) is 9.41. The van der Waals surface area contributed by atoms with Crippen molar-refractivity contribution in [3.05, 3.63) is 29.8 Å². The van der Waals surface area contributed by atoms with E-state index in [1.54, 1.807) is 0 Å². The minimum atomic E-state index is 0.103. The molecule has 0 heterocycles. The predicted molar refractivity (Wildman–Crippen MR) is 60.5 cm³/mol. The van der Waals surface area contributed by atoms with Crippen LogP contribution < -0.4 is 4.90 Å². The molecule has 0 fully saturated rings. The number of nitrogens with zero attached hydrogens (tertiary/aromatic N) is 1. The average molecular weight is 193 g/mol. The van der Waals surface area contributed by atoms with E-state index in [-0.39, 0.29) is 12.1 Å². The van der Waals surface area contributed by atoms with Crippen molar-refractivity contribution in [3.63, 3.8) is 0 Å². The number of hydrogen-bond donors (Lipinski definition) is 1.